The van der Waals surface area contributed by atoms with Crippen molar-refractivity contribution in [3.05, 3.63) is 34.9 Å². The Morgan fingerprint density at radius 3 is 2.25 bits per heavy atom. The van der Waals surface area contributed by atoms with Gasteiger partial charge in [0, 0.05) is 17.0 Å². The number of methoxy groups -OCH3 is 2. The van der Waals surface area contributed by atoms with Gasteiger partial charge in [0.25, 0.3) is 0 Å². The molecule has 1 atom stereocenters. The molecule has 0 aliphatic heterocycles. The lowest BCUT2D eigenvalue weighted by Crippen LogP contribution is -2.42. The average Bonchev–Trinajstić information content (AvgIpc) is 2.46. The molecule has 6 nitrogen and oxygen atoms in total. The standard InChI is InChI=1S/C13H14ClNO5/c1-19-12(17)10(15-13(18)20-2)7-11(16)8-3-5-9(14)6-4-8/h3-6,10H,7H2,1-2H3,(H,15,18)/t10-/m0/s1. The lowest BCUT2D eigenvalue weighted by atomic mass is 10.0. The summed E-state index contributed by atoms with van der Waals surface area (Å²) in [7, 11) is 2.33. The Labute approximate surface area is 121 Å². The molecule has 0 unspecified atom stereocenters. The van der Waals surface area contributed by atoms with Crippen LogP contribution in [0.25, 0.3) is 0 Å². The Hall–Kier alpha value is -2.08. The van der Waals surface area contributed by atoms with Gasteiger partial charge in [-0.25, -0.2) is 9.59 Å². The van der Waals surface area contributed by atoms with Crippen molar-refractivity contribution >= 4 is 29.4 Å². The average molecular weight is 300 g/mol. The van der Waals surface area contributed by atoms with Crippen LogP contribution in [-0.2, 0) is 14.3 Å². The van der Waals surface area contributed by atoms with Crippen molar-refractivity contribution in [2.45, 2.75) is 12.5 Å². The van der Waals surface area contributed by atoms with E-state index in [1.165, 1.54) is 19.2 Å². The van der Waals surface area contributed by atoms with E-state index in [9.17, 15) is 14.4 Å². The third-order valence-corrected chi connectivity index (χ3v) is 2.77. The Balaban J connectivity index is 2.78. The molecule has 0 fully saturated rings. The third kappa shape index (κ3) is 4.55. The molecule has 0 bridgehead atoms. The quantitative estimate of drug-likeness (QED) is 0.662. The van der Waals surface area contributed by atoms with Crippen LogP contribution in [-0.4, -0.2) is 38.1 Å². The lowest BCUT2D eigenvalue weighted by Gasteiger charge is -2.14. The molecule has 108 valence electrons. The normalized spacial score (nSPS) is 11.3. The van der Waals surface area contributed by atoms with Gasteiger partial charge < -0.3 is 14.8 Å². The number of Topliss-reactive ketones (excluding diaryl/α,β-unsaturated/α-hetero) is 1. The number of alkyl carbamates (subject to hydrolysis) is 1. The molecule has 0 heterocycles. The molecule has 7 heteroatoms. The second-order valence-electron chi connectivity index (χ2n) is 3.85. The van der Waals surface area contributed by atoms with Crippen molar-refractivity contribution < 1.29 is 23.9 Å². The molecular formula is C13H14ClNO5. The second-order valence-corrected chi connectivity index (χ2v) is 4.28. The van der Waals surface area contributed by atoms with Gasteiger partial charge >= 0.3 is 12.1 Å². The molecule has 0 aromatic heterocycles. The monoisotopic (exact) mass is 299 g/mol. The van der Waals surface area contributed by atoms with Crippen molar-refractivity contribution in [1.82, 2.24) is 5.32 Å². The van der Waals surface area contributed by atoms with Crippen LogP contribution in [0.2, 0.25) is 5.02 Å². The first-order valence-electron chi connectivity index (χ1n) is 5.69. The van der Waals surface area contributed by atoms with E-state index in [1.807, 2.05) is 0 Å². The zero-order valence-corrected chi connectivity index (χ0v) is 11.8. The zero-order chi connectivity index (χ0) is 15.1. The molecule has 20 heavy (non-hydrogen) atoms. The number of halogens is 1. The summed E-state index contributed by atoms with van der Waals surface area (Å²) in [5.74, 6) is -1.05. The number of nitrogens with one attached hydrogen (secondary N) is 1. The van der Waals surface area contributed by atoms with Gasteiger partial charge in [0.1, 0.15) is 6.04 Å². The number of amides is 1. The highest BCUT2D eigenvalue weighted by Gasteiger charge is 2.25. The molecule has 1 amide bonds. The highest BCUT2D eigenvalue weighted by molar-refractivity contribution is 6.30. The minimum Gasteiger partial charge on any atom is -0.467 e. The van der Waals surface area contributed by atoms with Gasteiger partial charge in [-0.3, -0.25) is 4.79 Å². The molecule has 0 saturated heterocycles. The Kier molecular flexibility index (Phi) is 5.99. The second kappa shape index (κ2) is 7.49. The first kappa shape index (κ1) is 16.0. The molecule has 1 N–H and O–H groups in total. The molecular weight excluding hydrogens is 286 g/mol. The van der Waals surface area contributed by atoms with Crippen LogP contribution in [0.5, 0.6) is 0 Å². The van der Waals surface area contributed by atoms with Crippen molar-refractivity contribution in [1.29, 1.82) is 0 Å². The van der Waals surface area contributed by atoms with Gasteiger partial charge in [-0.2, -0.15) is 0 Å². The number of carbonyl (C=O) groups is 3. The summed E-state index contributed by atoms with van der Waals surface area (Å²) in [5, 5.41) is 2.75. The summed E-state index contributed by atoms with van der Waals surface area (Å²) in [6, 6.07) is 5.11. The molecule has 0 radical (unpaired) electrons. The maximum absolute atomic E-state index is 12.0. The smallest absolute Gasteiger partial charge is 0.407 e. The lowest BCUT2D eigenvalue weighted by molar-refractivity contribution is -0.142. The fourth-order valence-corrected chi connectivity index (χ4v) is 1.60. The predicted octanol–water partition coefficient (Wildman–Crippen LogP) is 1.81. The molecule has 0 saturated carbocycles. The first-order valence-corrected chi connectivity index (χ1v) is 6.06. The van der Waals surface area contributed by atoms with Gasteiger partial charge in [0.2, 0.25) is 0 Å². The summed E-state index contributed by atoms with van der Waals surface area (Å²) in [4.78, 5) is 34.7. The SMILES string of the molecule is COC(=O)N[C@@H](CC(=O)c1ccc(Cl)cc1)C(=O)OC. The highest BCUT2D eigenvalue weighted by Crippen LogP contribution is 2.12. The van der Waals surface area contributed by atoms with Gasteiger partial charge in [-0.15, -0.1) is 0 Å². The number of ether oxygens (including phenoxy) is 2. The van der Waals surface area contributed by atoms with Crippen LogP contribution in [0.3, 0.4) is 0 Å². The highest BCUT2D eigenvalue weighted by atomic mass is 35.5. The largest absolute Gasteiger partial charge is 0.467 e. The Bertz CT molecular complexity index is 500. The van der Waals surface area contributed by atoms with E-state index >= 15 is 0 Å². The third-order valence-electron chi connectivity index (χ3n) is 2.52. The van der Waals surface area contributed by atoms with E-state index in [0.29, 0.717) is 10.6 Å². The van der Waals surface area contributed by atoms with Crippen LogP contribution in [0, 0.1) is 0 Å². The number of ketones is 1. The fourth-order valence-electron chi connectivity index (χ4n) is 1.48. The van der Waals surface area contributed by atoms with Crippen LogP contribution in [0.1, 0.15) is 16.8 Å². The number of hydrogen-bond acceptors (Lipinski definition) is 5. The maximum Gasteiger partial charge on any atom is 0.407 e. The number of hydrogen-bond donors (Lipinski definition) is 1. The summed E-state index contributed by atoms with van der Waals surface area (Å²) in [5.41, 5.74) is 0.384. The number of benzene rings is 1. The molecule has 1 aromatic carbocycles. The summed E-state index contributed by atoms with van der Waals surface area (Å²) in [6.45, 7) is 0. The van der Waals surface area contributed by atoms with E-state index in [0.717, 1.165) is 7.11 Å². The van der Waals surface area contributed by atoms with Crippen LogP contribution in [0.4, 0.5) is 4.79 Å². The number of rotatable bonds is 5. The van der Waals surface area contributed by atoms with E-state index < -0.39 is 18.1 Å². The number of esters is 1. The minimum atomic E-state index is -1.10. The summed E-state index contributed by atoms with van der Waals surface area (Å²) < 4.78 is 8.92. The number of carbonyl (C=O) groups excluding carboxylic acids is 3. The molecule has 0 aliphatic carbocycles. The Morgan fingerprint density at radius 1 is 1.15 bits per heavy atom. The van der Waals surface area contributed by atoms with E-state index in [2.05, 4.69) is 14.8 Å². The van der Waals surface area contributed by atoms with Gasteiger partial charge in [0.05, 0.1) is 14.2 Å². The molecule has 0 spiro atoms. The van der Waals surface area contributed by atoms with Crippen molar-refractivity contribution in [2.24, 2.45) is 0 Å². The van der Waals surface area contributed by atoms with Crippen LogP contribution in [0.15, 0.2) is 24.3 Å². The van der Waals surface area contributed by atoms with Crippen molar-refractivity contribution in [3.63, 3.8) is 0 Å². The zero-order valence-electron chi connectivity index (χ0n) is 11.0. The first-order chi connectivity index (χ1) is 9.47. The Morgan fingerprint density at radius 2 is 1.75 bits per heavy atom. The predicted molar refractivity (Wildman–Crippen MR) is 71.7 cm³/mol. The van der Waals surface area contributed by atoms with Gasteiger partial charge in [0.15, 0.2) is 5.78 Å². The van der Waals surface area contributed by atoms with Crippen molar-refractivity contribution in [2.75, 3.05) is 14.2 Å². The maximum atomic E-state index is 12.0. The van der Waals surface area contributed by atoms with Crippen LogP contribution < -0.4 is 5.32 Å². The molecule has 1 rings (SSSR count). The van der Waals surface area contributed by atoms with Gasteiger partial charge in [-0.05, 0) is 24.3 Å². The van der Waals surface area contributed by atoms with E-state index in [4.69, 9.17) is 11.6 Å². The van der Waals surface area contributed by atoms with Crippen LogP contribution >= 0.6 is 11.6 Å². The topological polar surface area (TPSA) is 81.7 Å². The molecule has 1 aromatic rings. The summed E-state index contributed by atoms with van der Waals surface area (Å²) >= 11 is 5.72. The van der Waals surface area contributed by atoms with E-state index in [1.54, 1.807) is 12.1 Å². The van der Waals surface area contributed by atoms with Gasteiger partial charge in [-0.1, -0.05) is 11.6 Å². The molecule has 0 aliphatic rings. The summed E-state index contributed by atoms with van der Waals surface area (Å²) in [6.07, 6.45) is -1.05. The van der Waals surface area contributed by atoms with E-state index in [-0.39, 0.29) is 12.2 Å². The van der Waals surface area contributed by atoms with Crippen molar-refractivity contribution in [3.8, 4) is 0 Å². The minimum absolute atomic E-state index is 0.233. The fraction of sp³-hybridized carbons (Fsp3) is 0.308.